The summed E-state index contributed by atoms with van der Waals surface area (Å²) in [5.41, 5.74) is 0. The van der Waals surface area contributed by atoms with Crippen LogP contribution in [0.5, 0.6) is 0 Å². The van der Waals surface area contributed by atoms with Gasteiger partial charge in [-0.25, -0.2) is 0 Å². The zero-order chi connectivity index (χ0) is 28.0. The molecule has 0 aromatic heterocycles. The van der Waals surface area contributed by atoms with Crippen molar-refractivity contribution in [1.29, 1.82) is 0 Å². The van der Waals surface area contributed by atoms with E-state index < -0.39 is 0 Å². The minimum Gasteiger partial charge on any atom is -0.349 e. The molecule has 12 fully saturated rings. The van der Waals surface area contributed by atoms with Gasteiger partial charge in [0.15, 0.2) is 25.2 Å². The Hall–Kier alpha value is 2.13. The summed E-state index contributed by atoms with van der Waals surface area (Å²) in [5.74, 6) is 14.8. The van der Waals surface area contributed by atoms with Gasteiger partial charge < -0.3 is 37.9 Å². The van der Waals surface area contributed by atoms with Crippen LogP contribution < -0.4 is 0 Å². The zero-order valence-electron chi connectivity index (χ0n) is 23.5. The number of hydrogen-bond donors (Lipinski definition) is 0. The van der Waals surface area contributed by atoms with Crippen LogP contribution in [0.1, 0.15) is 0 Å². The molecular formula is C26H44O8S7. The standard InChI is InChI=1S/C26H44O8S7/c1-2-36-4-8-39-16-24-28-12-22-20(32-24)14-30-26(34-22)18-41-10-6-37-5-9-40-17-25-29-13-19-21(33-25)11-27-23(31-19)15-38-7-3-35-1/h19-26H,1-18H2/t19-,20-,21-,22-,23+,24+,25+,26+/m0/s1. The molecule has 0 unspecified atom stereocenters. The Bertz CT molecular complexity index is 663. The van der Waals surface area contributed by atoms with E-state index in [0.717, 1.165) is 69.0 Å². The van der Waals surface area contributed by atoms with Crippen LogP contribution >= 0.6 is 82.3 Å². The fourth-order valence-electron chi connectivity index (χ4n) is 4.65. The Kier molecular flexibility index (Phi) is 17.1. The maximum Gasteiger partial charge on any atom is 0.167 e. The predicted octanol–water partition coefficient (Wildman–Crippen LogP) is 4.10. The quantitative estimate of drug-likeness (QED) is 0.363. The van der Waals surface area contributed by atoms with E-state index in [9.17, 15) is 0 Å². The molecule has 8 atom stereocenters. The highest BCUT2D eigenvalue weighted by Crippen LogP contribution is 2.28. The van der Waals surface area contributed by atoms with Crippen LogP contribution in [0.25, 0.3) is 0 Å². The molecule has 0 aromatic rings. The summed E-state index contributed by atoms with van der Waals surface area (Å²) in [6.07, 6.45) is -0.754. The molecule has 41 heavy (non-hydrogen) atoms. The van der Waals surface area contributed by atoms with Crippen molar-refractivity contribution in [3.63, 3.8) is 0 Å². The number of hydrogen-bond acceptors (Lipinski definition) is 15. The normalized spacial score (nSPS) is 40.4. The van der Waals surface area contributed by atoms with Crippen molar-refractivity contribution in [2.24, 2.45) is 0 Å². The Morgan fingerprint density at radius 2 is 0.512 bits per heavy atom. The van der Waals surface area contributed by atoms with E-state index in [1.165, 1.54) is 11.5 Å². The SMILES string of the molecule is C1CSCCSC[C@@H]2OC[C@@H]3O[C@H](CSCCSCCSC[C@@H]4OC[C@@H]5O[C@H](CSCCS1)OC[C@@H]5O4)OC[C@@H]3O2. The smallest absolute Gasteiger partial charge is 0.167 e. The van der Waals surface area contributed by atoms with Gasteiger partial charge in [-0.2, -0.15) is 82.3 Å². The monoisotopic (exact) mass is 708 g/mol. The molecule has 0 saturated carbocycles. The average Bonchev–Trinajstić information content (AvgIpc) is 3.00. The molecule has 12 rings (SSSR count). The van der Waals surface area contributed by atoms with Crippen LogP contribution in [0.15, 0.2) is 0 Å². The highest BCUT2D eigenvalue weighted by Gasteiger charge is 2.39. The largest absolute Gasteiger partial charge is 0.349 e. The van der Waals surface area contributed by atoms with Crippen molar-refractivity contribution >= 4 is 82.3 Å². The predicted molar refractivity (Wildman–Crippen MR) is 180 cm³/mol. The molecule has 12 saturated heterocycles. The molecule has 12 aliphatic heterocycles. The van der Waals surface area contributed by atoms with Gasteiger partial charge >= 0.3 is 0 Å². The molecule has 0 radical (unpaired) electrons. The van der Waals surface area contributed by atoms with Gasteiger partial charge in [-0.15, -0.1) is 0 Å². The van der Waals surface area contributed by atoms with Gasteiger partial charge in [-0.1, -0.05) is 0 Å². The lowest BCUT2D eigenvalue weighted by Gasteiger charge is -2.41. The van der Waals surface area contributed by atoms with Crippen LogP contribution in [0.3, 0.4) is 0 Å². The molecule has 0 spiro atoms. The topological polar surface area (TPSA) is 73.8 Å². The molecule has 15 heteroatoms. The van der Waals surface area contributed by atoms with Crippen molar-refractivity contribution in [2.45, 2.75) is 49.6 Å². The third-order valence-corrected chi connectivity index (χ3v) is 15.0. The van der Waals surface area contributed by atoms with Gasteiger partial charge in [0.1, 0.15) is 24.4 Å². The number of thioether (sulfide) groups is 7. The number of rotatable bonds is 0. The Morgan fingerprint density at radius 3 is 0.756 bits per heavy atom. The van der Waals surface area contributed by atoms with E-state index in [-0.39, 0.29) is 49.6 Å². The van der Waals surface area contributed by atoms with Crippen molar-refractivity contribution in [2.75, 3.05) is 107 Å². The summed E-state index contributed by atoms with van der Waals surface area (Å²) in [4.78, 5) is 0. The van der Waals surface area contributed by atoms with Crippen LogP contribution in [0.4, 0.5) is 0 Å². The molecular weight excluding hydrogens is 665 g/mol. The molecule has 12 heterocycles. The molecule has 0 N–H and O–H groups in total. The van der Waals surface area contributed by atoms with Gasteiger partial charge in [0.25, 0.3) is 0 Å². The molecule has 8 bridgehead atoms. The van der Waals surface area contributed by atoms with E-state index in [1.54, 1.807) is 0 Å². The van der Waals surface area contributed by atoms with Gasteiger partial charge in [0, 0.05) is 80.5 Å². The summed E-state index contributed by atoms with van der Waals surface area (Å²) < 4.78 is 48.4. The maximum atomic E-state index is 6.14. The lowest BCUT2D eigenvalue weighted by atomic mass is 10.2. The average molecular weight is 709 g/mol. The van der Waals surface area contributed by atoms with Crippen molar-refractivity contribution in [3.05, 3.63) is 0 Å². The summed E-state index contributed by atoms with van der Waals surface area (Å²) in [7, 11) is 0. The van der Waals surface area contributed by atoms with Crippen LogP contribution in [-0.4, -0.2) is 157 Å². The van der Waals surface area contributed by atoms with E-state index >= 15 is 0 Å². The fraction of sp³-hybridized carbons (Fsp3) is 1.00. The maximum absolute atomic E-state index is 6.14. The van der Waals surface area contributed by atoms with Crippen molar-refractivity contribution in [3.8, 4) is 0 Å². The van der Waals surface area contributed by atoms with E-state index in [0.29, 0.717) is 26.4 Å². The lowest BCUT2D eigenvalue weighted by molar-refractivity contribution is -0.326. The first-order valence-electron chi connectivity index (χ1n) is 14.5. The second-order valence-electron chi connectivity index (χ2n) is 9.89. The van der Waals surface area contributed by atoms with Crippen molar-refractivity contribution in [1.82, 2.24) is 0 Å². The summed E-state index contributed by atoms with van der Waals surface area (Å²) >= 11 is 13.7. The second-order valence-corrected chi connectivity index (χ2v) is 18.2. The summed E-state index contributed by atoms with van der Waals surface area (Å²) in [6.45, 7) is 2.37. The Labute approximate surface area is 275 Å². The first kappa shape index (κ1) is 34.5. The molecule has 0 aromatic carbocycles. The van der Waals surface area contributed by atoms with Gasteiger partial charge in [-0.3, -0.25) is 0 Å². The van der Waals surface area contributed by atoms with Crippen LogP contribution in [0, 0.1) is 0 Å². The second kappa shape index (κ2) is 20.4. The van der Waals surface area contributed by atoms with Crippen molar-refractivity contribution < 1.29 is 37.9 Å². The third-order valence-electron chi connectivity index (χ3n) is 6.80. The fourth-order valence-corrected chi connectivity index (χ4v) is 12.1. The molecule has 8 nitrogen and oxygen atoms in total. The third kappa shape index (κ3) is 12.7. The highest BCUT2D eigenvalue weighted by molar-refractivity contribution is 8.05. The van der Waals surface area contributed by atoms with Gasteiger partial charge in [0.2, 0.25) is 0 Å². The summed E-state index contributed by atoms with van der Waals surface area (Å²) in [5, 5.41) is 0. The molecule has 238 valence electrons. The van der Waals surface area contributed by atoms with Gasteiger partial charge in [-0.05, 0) is 0 Å². The van der Waals surface area contributed by atoms with Crippen LogP contribution in [-0.2, 0) is 37.9 Å². The minimum absolute atomic E-state index is 0.0207. The molecule has 0 amide bonds. The highest BCUT2D eigenvalue weighted by atomic mass is 32.2. The first-order valence-corrected chi connectivity index (χ1v) is 22.5. The van der Waals surface area contributed by atoms with E-state index in [1.807, 2.05) is 82.3 Å². The van der Waals surface area contributed by atoms with E-state index in [2.05, 4.69) is 0 Å². The minimum atomic E-state index is -0.173. The van der Waals surface area contributed by atoms with E-state index in [4.69, 9.17) is 37.9 Å². The number of ether oxygens (including phenoxy) is 8. The Balaban J connectivity index is 0.994. The summed E-state index contributed by atoms with van der Waals surface area (Å²) in [6, 6.07) is 0. The first-order chi connectivity index (χ1) is 20.3. The molecule has 0 aliphatic carbocycles. The van der Waals surface area contributed by atoms with Gasteiger partial charge in [0.05, 0.1) is 26.4 Å². The molecule has 12 aliphatic rings. The zero-order valence-corrected chi connectivity index (χ0v) is 29.2. The Morgan fingerprint density at radius 1 is 0.293 bits per heavy atom. The van der Waals surface area contributed by atoms with Crippen LogP contribution in [0.2, 0.25) is 0 Å². The lowest BCUT2D eigenvalue weighted by Crippen LogP contribution is -2.54.